The Hall–Kier alpha value is -1.08. The van der Waals surface area contributed by atoms with Crippen molar-refractivity contribution < 1.29 is 4.79 Å². The van der Waals surface area contributed by atoms with Crippen LogP contribution in [0.5, 0.6) is 0 Å². The summed E-state index contributed by atoms with van der Waals surface area (Å²) in [6, 6.07) is 1.97. The molecule has 2 atom stereocenters. The van der Waals surface area contributed by atoms with Gasteiger partial charge in [-0.1, -0.05) is 6.92 Å². The summed E-state index contributed by atoms with van der Waals surface area (Å²) in [4.78, 5) is 15.2. The zero-order valence-corrected chi connectivity index (χ0v) is 9.03. The zero-order valence-electron chi connectivity index (χ0n) is 9.03. The Labute approximate surface area is 85.1 Å². The van der Waals surface area contributed by atoms with E-state index >= 15 is 0 Å². The van der Waals surface area contributed by atoms with Gasteiger partial charge in [-0.25, -0.2) is 0 Å². The molecule has 0 aromatic rings. The first-order valence-electron chi connectivity index (χ1n) is 4.88. The van der Waals surface area contributed by atoms with Crippen LogP contribution >= 0.6 is 0 Å². The number of carbonyl (C=O) groups excluding carboxylic acids is 1. The lowest BCUT2D eigenvalue weighted by Gasteiger charge is -2.21. The molecule has 1 aliphatic rings. The fourth-order valence-corrected chi connectivity index (χ4v) is 1.81. The van der Waals surface area contributed by atoms with Crippen molar-refractivity contribution in [1.29, 1.82) is 5.26 Å². The lowest BCUT2D eigenvalue weighted by molar-refractivity contribution is -0.131. The summed E-state index contributed by atoms with van der Waals surface area (Å²) in [5, 5.41) is 8.88. The number of carbonyl (C=O) groups is 1. The quantitative estimate of drug-likeness (QED) is 0.637. The van der Waals surface area contributed by atoms with Crippen molar-refractivity contribution in [2.45, 2.75) is 19.4 Å². The van der Waals surface area contributed by atoms with Crippen molar-refractivity contribution in [2.75, 3.05) is 27.2 Å². The molecule has 0 radical (unpaired) electrons. The van der Waals surface area contributed by atoms with Crippen LogP contribution in [0.15, 0.2) is 0 Å². The average Bonchev–Trinajstić information content (AvgIpc) is 2.45. The predicted octanol–water partition coefficient (Wildman–Crippen LogP) is 0.309. The Balaban J connectivity index is 2.59. The van der Waals surface area contributed by atoms with Gasteiger partial charge >= 0.3 is 0 Å². The van der Waals surface area contributed by atoms with Gasteiger partial charge in [0.15, 0.2) is 0 Å². The van der Waals surface area contributed by atoms with Gasteiger partial charge < -0.3 is 9.80 Å². The Morgan fingerprint density at radius 3 is 2.79 bits per heavy atom. The lowest BCUT2D eigenvalue weighted by Crippen LogP contribution is -2.40. The maximum Gasteiger partial charge on any atom is 0.237 e. The van der Waals surface area contributed by atoms with Gasteiger partial charge in [-0.2, -0.15) is 5.26 Å². The van der Waals surface area contributed by atoms with Crippen LogP contribution < -0.4 is 0 Å². The van der Waals surface area contributed by atoms with E-state index in [1.807, 2.05) is 19.0 Å². The highest BCUT2D eigenvalue weighted by Crippen LogP contribution is 2.22. The molecule has 0 aliphatic carbocycles. The molecule has 0 bridgehead atoms. The number of rotatable bonds is 2. The second-order valence-corrected chi connectivity index (χ2v) is 4.27. The van der Waals surface area contributed by atoms with Gasteiger partial charge in [-0.15, -0.1) is 0 Å². The molecule has 14 heavy (non-hydrogen) atoms. The normalized spacial score (nSPS) is 26.6. The Kier molecular flexibility index (Phi) is 3.48. The van der Waals surface area contributed by atoms with Crippen molar-refractivity contribution in [3.05, 3.63) is 0 Å². The van der Waals surface area contributed by atoms with E-state index in [9.17, 15) is 4.79 Å². The second kappa shape index (κ2) is 4.43. The number of nitrogens with zero attached hydrogens (tertiary/aromatic N) is 3. The topological polar surface area (TPSA) is 47.3 Å². The van der Waals surface area contributed by atoms with Gasteiger partial charge in [0.05, 0.1) is 12.6 Å². The molecule has 0 aromatic carbocycles. The Bertz CT molecular complexity index is 257. The molecule has 0 aromatic heterocycles. The Morgan fingerprint density at radius 1 is 1.64 bits per heavy atom. The van der Waals surface area contributed by atoms with E-state index in [1.165, 1.54) is 0 Å². The van der Waals surface area contributed by atoms with E-state index in [2.05, 4.69) is 13.0 Å². The third-order valence-corrected chi connectivity index (χ3v) is 2.43. The van der Waals surface area contributed by atoms with Crippen LogP contribution in [0.25, 0.3) is 0 Å². The number of hydrogen-bond acceptors (Lipinski definition) is 3. The minimum atomic E-state index is -0.211. The van der Waals surface area contributed by atoms with Crippen molar-refractivity contribution in [2.24, 2.45) is 5.92 Å². The molecule has 0 saturated carbocycles. The third kappa shape index (κ3) is 2.46. The predicted molar refractivity (Wildman–Crippen MR) is 53.4 cm³/mol. The fraction of sp³-hybridized carbons (Fsp3) is 0.800. The summed E-state index contributed by atoms with van der Waals surface area (Å²) in [7, 11) is 3.72. The molecule has 1 heterocycles. The van der Waals surface area contributed by atoms with E-state index < -0.39 is 0 Å². The molecule has 1 amide bonds. The van der Waals surface area contributed by atoms with Crippen molar-refractivity contribution >= 4 is 5.91 Å². The molecule has 78 valence electrons. The van der Waals surface area contributed by atoms with Gasteiger partial charge in [-0.05, 0) is 26.4 Å². The first-order chi connectivity index (χ1) is 6.54. The van der Waals surface area contributed by atoms with Crippen molar-refractivity contribution in [3.63, 3.8) is 0 Å². The zero-order chi connectivity index (χ0) is 10.7. The molecule has 4 nitrogen and oxygen atoms in total. The summed E-state index contributed by atoms with van der Waals surface area (Å²) in [6.07, 6.45) is 0.815. The van der Waals surface area contributed by atoms with Gasteiger partial charge in [0.1, 0.15) is 6.04 Å². The van der Waals surface area contributed by atoms with E-state index in [0.717, 1.165) is 13.0 Å². The SMILES string of the molecule is CC1C[C@@H](C#N)N(C(=O)CN(C)C)C1. The molecule has 1 aliphatic heterocycles. The van der Waals surface area contributed by atoms with E-state index in [0.29, 0.717) is 12.5 Å². The summed E-state index contributed by atoms with van der Waals surface area (Å²) in [6.45, 7) is 3.20. The largest absolute Gasteiger partial charge is 0.325 e. The molecule has 0 N–H and O–H groups in total. The molecule has 4 heteroatoms. The maximum absolute atomic E-state index is 11.7. The summed E-state index contributed by atoms with van der Waals surface area (Å²) in [5.41, 5.74) is 0. The van der Waals surface area contributed by atoms with E-state index in [1.54, 1.807) is 4.90 Å². The van der Waals surface area contributed by atoms with Gasteiger partial charge in [0.25, 0.3) is 0 Å². The van der Waals surface area contributed by atoms with Crippen LogP contribution in [0.1, 0.15) is 13.3 Å². The van der Waals surface area contributed by atoms with Gasteiger partial charge in [0.2, 0.25) is 5.91 Å². The fourth-order valence-electron chi connectivity index (χ4n) is 1.81. The molecule has 1 saturated heterocycles. The number of likely N-dealkylation sites (tertiary alicyclic amines) is 1. The number of nitriles is 1. The van der Waals surface area contributed by atoms with Crippen LogP contribution in [0.4, 0.5) is 0 Å². The molecule has 1 fully saturated rings. The Morgan fingerprint density at radius 2 is 2.29 bits per heavy atom. The average molecular weight is 195 g/mol. The molecular formula is C10H17N3O. The highest BCUT2D eigenvalue weighted by molar-refractivity contribution is 5.79. The molecule has 0 spiro atoms. The monoisotopic (exact) mass is 195 g/mol. The van der Waals surface area contributed by atoms with Crippen molar-refractivity contribution in [1.82, 2.24) is 9.80 Å². The highest BCUT2D eigenvalue weighted by Gasteiger charge is 2.32. The number of amides is 1. The van der Waals surface area contributed by atoms with E-state index in [4.69, 9.17) is 5.26 Å². The first-order valence-corrected chi connectivity index (χ1v) is 4.88. The second-order valence-electron chi connectivity index (χ2n) is 4.27. The molecule has 1 rings (SSSR count). The van der Waals surface area contributed by atoms with Crippen LogP contribution in [0.2, 0.25) is 0 Å². The van der Waals surface area contributed by atoms with Crippen LogP contribution in [-0.4, -0.2) is 48.9 Å². The minimum absolute atomic E-state index is 0.0610. The smallest absolute Gasteiger partial charge is 0.237 e. The summed E-state index contributed by atoms with van der Waals surface area (Å²) >= 11 is 0. The van der Waals surface area contributed by atoms with Crippen LogP contribution in [-0.2, 0) is 4.79 Å². The van der Waals surface area contributed by atoms with Crippen LogP contribution in [0.3, 0.4) is 0 Å². The third-order valence-electron chi connectivity index (χ3n) is 2.43. The number of likely N-dealkylation sites (N-methyl/N-ethyl adjacent to an activating group) is 1. The first kappa shape index (κ1) is 11.0. The molecular weight excluding hydrogens is 178 g/mol. The highest BCUT2D eigenvalue weighted by atomic mass is 16.2. The van der Waals surface area contributed by atoms with Crippen LogP contribution in [0, 0.1) is 17.2 Å². The molecule has 1 unspecified atom stereocenters. The van der Waals surface area contributed by atoms with E-state index in [-0.39, 0.29) is 11.9 Å². The maximum atomic E-state index is 11.7. The van der Waals surface area contributed by atoms with Gasteiger partial charge in [-0.3, -0.25) is 4.79 Å². The summed E-state index contributed by atoms with van der Waals surface area (Å²) in [5.74, 6) is 0.511. The van der Waals surface area contributed by atoms with Crippen molar-refractivity contribution in [3.8, 4) is 6.07 Å². The van der Waals surface area contributed by atoms with Gasteiger partial charge in [0, 0.05) is 6.54 Å². The summed E-state index contributed by atoms with van der Waals surface area (Å²) < 4.78 is 0. The minimum Gasteiger partial charge on any atom is -0.325 e. The lowest BCUT2D eigenvalue weighted by atomic mass is 10.1. The number of hydrogen-bond donors (Lipinski definition) is 0. The standard InChI is InChI=1S/C10H17N3O/c1-8-4-9(5-11)13(6-8)10(14)7-12(2)3/h8-9H,4,6-7H2,1-3H3/t8?,9-/m0/s1.